The van der Waals surface area contributed by atoms with E-state index in [4.69, 9.17) is 15.6 Å². The normalized spacial score (nSPS) is 9.79. The van der Waals surface area contributed by atoms with Crippen LogP contribution in [0.5, 0.6) is 0 Å². The van der Waals surface area contributed by atoms with Crippen molar-refractivity contribution in [3.05, 3.63) is 59.7 Å². The number of allylic oxidation sites excluding steroid dienone is 3. The van der Waals surface area contributed by atoms with Gasteiger partial charge in [-0.1, -0.05) is 109 Å². The van der Waals surface area contributed by atoms with Crippen LogP contribution in [0.2, 0.25) is 0 Å². The van der Waals surface area contributed by atoms with Crippen LogP contribution in [0.3, 0.4) is 0 Å². The van der Waals surface area contributed by atoms with Gasteiger partial charge in [0.05, 0.1) is 13.2 Å². The maximum atomic E-state index is 10.2. The molecule has 0 aliphatic rings. The number of nitrogens with two attached hydrogens (primary N) is 1. The largest absolute Gasteiger partial charge is 0.396 e. The Hall–Kier alpha value is -1.91. The number of amides is 1. The molecule has 4 heteroatoms. The maximum absolute atomic E-state index is 10.2. The average Bonchev–Trinajstić information content (AvgIpc) is 2.86. The first-order valence-electron chi connectivity index (χ1n) is 12.9. The zero-order valence-corrected chi connectivity index (χ0v) is 23.0. The summed E-state index contributed by atoms with van der Waals surface area (Å²) in [4.78, 5) is 10.2. The second-order valence-corrected chi connectivity index (χ2v) is 6.51. The molecule has 1 aromatic carbocycles. The summed E-state index contributed by atoms with van der Waals surface area (Å²) in [6.45, 7) is 17.9. The molecule has 0 saturated carbocycles. The third kappa shape index (κ3) is 37.7. The Kier molecular flexibility index (Phi) is 43.5. The van der Waals surface area contributed by atoms with Crippen molar-refractivity contribution in [1.82, 2.24) is 0 Å². The van der Waals surface area contributed by atoms with Gasteiger partial charge in [-0.2, -0.15) is 0 Å². The summed E-state index contributed by atoms with van der Waals surface area (Å²) in [5.74, 6) is -0.232. The molecule has 33 heavy (non-hydrogen) atoms. The van der Waals surface area contributed by atoms with Gasteiger partial charge in [0.15, 0.2) is 0 Å². The van der Waals surface area contributed by atoms with Crippen molar-refractivity contribution in [3.8, 4) is 0 Å². The summed E-state index contributed by atoms with van der Waals surface area (Å²) in [5.41, 5.74) is 7.55. The Labute approximate surface area is 206 Å². The number of benzene rings is 1. The van der Waals surface area contributed by atoms with E-state index in [1.54, 1.807) is 0 Å². The van der Waals surface area contributed by atoms with Gasteiger partial charge in [0, 0.05) is 13.0 Å². The van der Waals surface area contributed by atoms with E-state index in [1.165, 1.54) is 11.1 Å². The molecule has 0 aromatic heterocycles. The SMILES string of the molecule is C/C=C/CC/C(C)=C/COCc1ccccc1.CC.CC.CC.NC(=O)CCCCCCO. The van der Waals surface area contributed by atoms with Crippen molar-refractivity contribution >= 4 is 5.91 Å². The average molecular weight is 466 g/mol. The molecule has 194 valence electrons. The van der Waals surface area contributed by atoms with Crippen LogP contribution in [0.1, 0.15) is 106 Å². The highest BCUT2D eigenvalue weighted by atomic mass is 16.5. The first-order valence-corrected chi connectivity index (χ1v) is 12.9. The number of hydrogen-bond acceptors (Lipinski definition) is 3. The summed E-state index contributed by atoms with van der Waals surface area (Å²) in [5, 5.41) is 8.38. The third-order valence-electron chi connectivity index (χ3n) is 3.93. The molecular formula is C29H55NO3. The number of aliphatic hydroxyl groups excluding tert-OH is 1. The van der Waals surface area contributed by atoms with Gasteiger partial charge in [0.25, 0.3) is 0 Å². The molecule has 0 heterocycles. The van der Waals surface area contributed by atoms with E-state index in [-0.39, 0.29) is 12.5 Å². The summed E-state index contributed by atoms with van der Waals surface area (Å²) in [6, 6.07) is 10.3. The van der Waals surface area contributed by atoms with Crippen molar-refractivity contribution in [1.29, 1.82) is 0 Å². The van der Waals surface area contributed by atoms with Gasteiger partial charge in [-0.15, -0.1) is 0 Å². The molecule has 4 nitrogen and oxygen atoms in total. The smallest absolute Gasteiger partial charge is 0.217 e. The minimum atomic E-state index is -0.232. The molecule has 1 amide bonds. The first-order chi connectivity index (χ1) is 16.1. The predicted octanol–water partition coefficient (Wildman–Crippen LogP) is 8.00. The van der Waals surface area contributed by atoms with Crippen LogP contribution in [0, 0.1) is 0 Å². The number of hydrogen-bond donors (Lipinski definition) is 2. The Bertz CT molecular complexity index is 525. The van der Waals surface area contributed by atoms with E-state index < -0.39 is 0 Å². The van der Waals surface area contributed by atoms with Gasteiger partial charge < -0.3 is 15.6 Å². The number of carbonyl (C=O) groups excluding carboxylic acids is 1. The number of carbonyl (C=O) groups is 1. The molecular weight excluding hydrogens is 410 g/mol. The molecule has 0 unspecified atom stereocenters. The van der Waals surface area contributed by atoms with Crippen LogP contribution in [0.25, 0.3) is 0 Å². The lowest BCUT2D eigenvalue weighted by Gasteiger charge is -2.02. The van der Waals surface area contributed by atoms with Crippen LogP contribution in [0.15, 0.2) is 54.1 Å². The molecule has 0 atom stereocenters. The number of unbranched alkanes of at least 4 members (excludes halogenated alkanes) is 3. The van der Waals surface area contributed by atoms with Crippen LogP contribution in [0.4, 0.5) is 0 Å². The molecule has 0 aliphatic heterocycles. The van der Waals surface area contributed by atoms with Crippen LogP contribution in [-0.4, -0.2) is 24.2 Å². The van der Waals surface area contributed by atoms with E-state index in [9.17, 15) is 4.79 Å². The minimum absolute atomic E-state index is 0.232. The summed E-state index contributed by atoms with van der Waals surface area (Å²) in [7, 11) is 0. The van der Waals surface area contributed by atoms with Gasteiger partial charge >= 0.3 is 0 Å². The Morgan fingerprint density at radius 1 is 0.939 bits per heavy atom. The summed E-state index contributed by atoms with van der Waals surface area (Å²) < 4.78 is 5.60. The lowest BCUT2D eigenvalue weighted by Crippen LogP contribution is -2.09. The summed E-state index contributed by atoms with van der Waals surface area (Å²) >= 11 is 0. The lowest BCUT2D eigenvalue weighted by molar-refractivity contribution is -0.118. The van der Waals surface area contributed by atoms with Crippen molar-refractivity contribution < 1.29 is 14.6 Å². The van der Waals surface area contributed by atoms with Gasteiger partial charge in [-0.3, -0.25) is 4.79 Å². The van der Waals surface area contributed by atoms with E-state index in [0.717, 1.165) is 38.5 Å². The van der Waals surface area contributed by atoms with Crippen molar-refractivity contribution in [3.63, 3.8) is 0 Å². The second kappa shape index (κ2) is 37.4. The van der Waals surface area contributed by atoms with Gasteiger partial charge in [-0.05, 0) is 45.1 Å². The first kappa shape index (κ1) is 38.4. The summed E-state index contributed by atoms with van der Waals surface area (Å²) in [6.07, 6.45) is 12.9. The fraction of sp³-hybridized carbons (Fsp3) is 0.621. The zero-order chi connectivity index (χ0) is 26.2. The molecule has 0 fully saturated rings. The van der Waals surface area contributed by atoms with E-state index >= 15 is 0 Å². The fourth-order valence-corrected chi connectivity index (χ4v) is 2.30. The zero-order valence-electron chi connectivity index (χ0n) is 23.0. The number of primary amides is 1. The monoisotopic (exact) mass is 465 g/mol. The maximum Gasteiger partial charge on any atom is 0.217 e. The Balaban J connectivity index is -0.000000225. The quantitative estimate of drug-likeness (QED) is 0.229. The van der Waals surface area contributed by atoms with Gasteiger partial charge in [-0.25, -0.2) is 0 Å². The van der Waals surface area contributed by atoms with Crippen LogP contribution in [-0.2, 0) is 16.1 Å². The number of rotatable bonds is 13. The topological polar surface area (TPSA) is 72.5 Å². The fourth-order valence-electron chi connectivity index (χ4n) is 2.30. The molecule has 3 N–H and O–H groups in total. The third-order valence-corrected chi connectivity index (χ3v) is 3.93. The highest BCUT2D eigenvalue weighted by Crippen LogP contribution is 2.05. The molecule has 0 saturated heterocycles. The van der Waals surface area contributed by atoms with Crippen LogP contribution < -0.4 is 5.73 Å². The Morgan fingerprint density at radius 2 is 1.52 bits per heavy atom. The van der Waals surface area contributed by atoms with E-state index in [0.29, 0.717) is 19.6 Å². The number of ether oxygens (including phenoxy) is 1. The molecule has 1 rings (SSSR count). The second-order valence-electron chi connectivity index (χ2n) is 6.51. The molecule has 0 bridgehead atoms. The van der Waals surface area contributed by atoms with Crippen molar-refractivity contribution in [2.75, 3.05) is 13.2 Å². The van der Waals surface area contributed by atoms with Crippen LogP contribution >= 0.6 is 0 Å². The standard InChI is InChI=1S/C16H22O.C7H15NO2.3C2H6/c1-3-4-6-9-15(2)12-13-17-14-16-10-7-5-8-11-16;8-7(10)5-3-1-2-4-6-9;3*1-2/h3-5,7-8,10-12H,6,9,13-14H2,1-2H3;9H,1-6H2,(H2,8,10);3*1-2H3/b4-3+,15-12+;;;;. The van der Waals surface area contributed by atoms with E-state index in [1.807, 2.05) is 59.7 Å². The lowest BCUT2D eigenvalue weighted by atomic mass is 10.1. The van der Waals surface area contributed by atoms with Gasteiger partial charge in [0.1, 0.15) is 0 Å². The van der Waals surface area contributed by atoms with E-state index in [2.05, 4.69) is 44.2 Å². The van der Waals surface area contributed by atoms with Gasteiger partial charge in [0.2, 0.25) is 5.91 Å². The predicted molar refractivity (Wildman–Crippen MR) is 147 cm³/mol. The van der Waals surface area contributed by atoms with Crippen molar-refractivity contribution in [2.45, 2.75) is 107 Å². The van der Waals surface area contributed by atoms with Crippen molar-refractivity contribution in [2.24, 2.45) is 5.73 Å². The minimum Gasteiger partial charge on any atom is -0.396 e. The molecule has 0 aliphatic carbocycles. The highest BCUT2D eigenvalue weighted by Gasteiger charge is 1.93. The Morgan fingerprint density at radius 3 is 2.03 bits per heavy atom. The highest BCUT2D eigenvalue weighted by molar-refractivity contribution is 5.73. The molecule has 0 spiro atoms. The molecule has 0 radical (unpaired) electrons. The number of aliphatic hydroxyl groups is 1. The molecule has 1 aromatic rings.